The molecule has 1 aliphatic heterocycles. The van der Waals surface area contributed by atoms with E-state index < -0.39 is 28.7 Å². The maximum absolute atomic E-state index is 12.6. The third-order valence-corrected chi connectivity index (χ3v) is 3.71. The average molecular weight is 331 g/mol. The van der Waals surface area contributed by atoms with Crippen molar-refractivity contribution in [3.05, 3.63) is 15.6 Å². The van der Waals surface area contributed by atoms with E-state index in [0.717, 1.165) is 0 Å². The van der Waals surface area contributed by atoms with Gasteiger partial charge in [0.25, 0.3) is 5.91 Å². The number of nitrogens with two attached hydrogens (primary N) is 1. The van der Waals surface area contributed by atoms with Gasteiger partial charge in [0.15, 0.2) is 10.5 Å². The Morgan fingerprint density at radius 3 is 2.35 bits per heavy atom. The van der Waals surface area contributed by atoms with E-state index in [1.807, 2.05) is 5.32 Å². The molecule has 0 radical (unpaired) electrons. The first-order valence-electron chi connectivity index (χ1n) is 5.09. The van der Waals surface area contributed by atoms with E-state index in [4.69, 9.17) is 5.73 Å². The molecule has 0 aromatic carbocycles. The van der Waals surface area contributed by atoms with Gasteiger partial charge < -0.3 is 11.1 Å². The number of aryl methyl sites for hydroxylation is 1. The molecule has 1 saturated heterocycles. The van der Waals surface area contributed by atoms with Gasteiger partial charge in [0, 0.05) is 11.4 Å². The van der Waals surface area contributed by atoms with Crippen LogP contribution in [0.25, 0.3) is 0 Å². The van der Waals surface area contributed by atoms with Crippen LogP contribution in [0.4, 0.5) is 18.0 Å². The van der Waals surface area contributed by atoms with Crippen LogP contribution in [0.1, 0.15) is 15.6 Å². The number of imide groups is 1. The van der Waals surface area contributed by atoms with Gasteiger partial charge in [-0.05, 0) is 6.92 Å². The van der Waals surface area contributed by atoms with E-state index in [-0.39, 0.29) is 29.5 Å². The molecule has 20 heavy (non-hydrogen) atoms. The zero-order valence-corrected chi connectivity index (χ0v) is 11.6. The molecule has 6 nitrogen and oxygen atoms in total. The van der Waals surface area contributed by atoms with Crippen LogP contribution >= 0.6 is 23.7 Å². The van der Waals surface area contributed by atoms with Gasteiger partial charge in [0.2, 0.25) is 0 Å². The Labute approximate surface area is 121 Å². The number of alkyl halides is 3. The lowest BCUT2D eigenvalue weighted by molar-refractivity contribution is -0.138. The molecular weight excluding hydrogens is 321 g/mol. The Hall–Kier alpha value is -1.39. The smallest absolute Gasteiger partial charge is 0.327 e. The molecule has 112 valence electrons. The highest BCUT2D eigenvalue weighted by molar-refractivity contribution is 7.11. The number of carbonyl (C=O) groups excluding carboxylic acids is 2. The Kier molecular flexibility index (Phi) is 4.32. The summed E-state index contributed by atoms with van der Waals surface area (Å²) >= 11 is 0.402. The van der Waals surface area contributed by atoms with E-state index in [9.17, 15) is 22.8 Å². The molecular formula is C9H10ClF3N4O2S. The molecule has 0 saturated carbocycles. The molecule has 0 bridgehead atoms. The minimum absolute atomic E-state index is 0. The summed E-state index contributed by atoms with van der Waals surface area (Å²) in [6.07, 6.45) is -4.61. The number of thiazole rings is 1. The topological polar surface area (TPSA) is 97.1 Å². The number of amides is 3. The zero-order chi connectivity index (χ0) is 14.4. The van der Waals surface area contributed by atoms with Crippen molar-refractivity contribution in [1.29, 1.82) is 0 Å². The highest BCUT2D eigenvalue weighted by atomic mass is 35.5. The number of urea groups is 1. The summed E-state index contributed by atoms with van der Waals surface area (Å²) in [5, 5.41) is 3.11. The van der Waals surface area contributed by atoms with E-state index in [2.05, 4.69) is 10.3 Å². The second kappa shape index (κ2) is 5.19. The van der Waals surface area contributed by atoms with Crippen LogP contribution in [0.15, 0.2) is 0 Å². The van der Waals surface area contributed by atoms with Crippen LogP contribution in [-0.2, 0) is 16.5 Å². The monoisotopic (exact) mass is 330 g/mol. The molecule has 11 heteroatoms. The Morgan fingerprint density at radius 1 is 1.40 bits per heavy atom. The van der Waals surface area contributed by atoms with Gasteiger partial charge in [-0.2, -0.15) is 13.2 Å². The third-order valence-electron chi connectivity index (χ3n) is 2.69. The van der Waals surface area contributed by atoms with Gasteiger partial charge in [-0.25, -0.2) is 9.78 Å². The van der Waals surface area contributed by atoms with Gasteiger partial charge in [-0.3, -0.25) is 10.1 Å². The minimum Gasteiger partial charge on any atom is -0.327 e. The Balaban J connectivity index is 0.00000200. The van der Waals surface area contributed by atoms with Crippen LogP contribution in [0.5, 0.6) is 0 Å². The van der Waals surface area contributed by atoms with Crippen LogP contribution in [0.2, 0.25) is 0 Å². The zero-order valence-electron chi connectivity index (χ0n) is 10.00. The molecule has 0 aliphatic carbocycles. The molecule has 2 rings (SSSR count). The number of aromatic nitrogens is 1. The van der Waals surface area contributed by atoms with Crippen molar-refractivity contribution < 1.29 is 22.8 Å². The van der Waals surface area contributed by atoms with Gasteiger partial charge >= 0.3 is 12.2 Å². The van der Waals surface area contributed by atoms with E-state index in [0.29, 0.717) is 11.3 Å². The fourth-order valence-electron chi connectivity index (χ4n) is 1.81. The number of halogens is 4. The van der Waals surface area contributed by atoms with Crippen LogP contribution < -0.4 is 16.4 Å². The first-order valence-corrected chi connectivity index (χ1v) is 5.91. The van der Waals surface area contributed by atoms with Gasteiger partial charge in [0.1, 0.15) is 0 Å². The lowest BCUT2D eigenvalue weighted by Crippen LogP contribution is -2.50. The predicted octanol–water partition coefficient (Wildman–Crippen LogP) is 0.886. The van der Waals surface area contributed by atoms with Crippen LogP contribution in [0, 0.1) is 6.92 Å². The molecule has 2 heterocycles. The fraction of sp³-hybridized carbons (Fsp3) is 0.444. The number of rotatable bonds is 2. The number of nitrogens with zero attached hydrogens (tertiary/aromatic N) is 1. The standard InChI is InChI=1S/C9H9F3N4O2S.ClH/c1-3-4(14-6(19-3)9(10,11)12)8(2-13)5(17)15-7(18)16-8;/h2,13H2,1H3,(H2,15,16,17,18);1H. The molecule has 1 unspecified atom stereocenters. The molecule has 1 aliphatic rings. The van der Waals surface area contributed by atoms with Crippen molar-refractivity contribution in [3.8, 4) is 0 Å². The van der Waals surface area contributed by atoms with Crippen LogP contribution in [0.3, 0.4) is 0 Å². The normalized spacial score (nSPS) is 22.2. The summed E-state index contributed by atoms with van der Waals surface area (Å²) in [5.74, 6) is -0.804. The largest absolute Gasteiger partial charge is 0.443 e. The Morgan fingerprint density at radius 2 is 2.00 bits per heavy atom. The van der Waals surface area contributed by atoms with E-state index in [1.54, 1.807) is 0 Å². The summed E-state index contributed by atoms with van der Waals surface area (Å²) in [4.78, 5) is 26.5. The number of hydrogen-bond donors (Lipinski definition) is 3. The summed E-state index contributed by atoms with van der Waals surface area (Å²) < 4.78 is 37.8. The van der Waals surface area contributed by atoms with Gasteiger partial charge in [-0.15, -0.1) is 23.7 Å². The highest BCUT2D eigenvalue weighted by Gasteiger charge is 2.50. The second-order valence-corrected chi connectivity index (χ2v) is 5.14. The first kappa shape index (κ1) is 16.7. The molecule has 1 atom stereocenters. The van der Waals surface area contributed by atoms with Gasteiger partial charge in [0.05, 0.1) is 5.69 Å². The number of nitrogens with one attached hydrogen (secondary N) is 2. The third kappa shape index (κ3) is 2.45. The predicted molar refractivity (Wildman–Crippen MR) is 66.5 cm³/mol. The molecule has 1 aromatic heterocycles. The van der Waals surface area contributed by atoms with Crippen molar-refractivity contribution in [3.63, 3.8) is 0 Å². The maximum Gasteiger partial charge on any atom is 0.443 e. The lowest BCUT2D eigenvalue weighted by Gasteiger charge is -2.22. The molecule has 3 amide bonds. The van der Waals surface area contributed by atoms with Crippen molar-refractivity contribution >= 4 is 35.7 Å². The first-order chi connectivity index (χ1) is 8.70. The molecule has 4 N–H and O–H groups in total. The SMILES string of the molecule is Cc1sc(C(F)(F)F)nc1C1(CN)NC(=O)NC1=O.Cl. The number of hydrogen-bond acceptors (Lipinski definition) is 5. The summed E-state index contributed by atoms with van der Waals surface area (Å²) in [6.45, 7) is 1.00. The minimum atomic E-state index is -4.61. The van der Waals surface area contributed by atoms with Crippen molar-refractivity contribution in [2.24, 2.45) is 5.73 Å². The van der Waals surface area contributed by atoms with Gasteiger partial charge in [-0.1, -0.05) is 0 Å². The van der Waals surface area contributed by atoms with Crippen LogP contribution in [-0.4, -0.2) is 23.5 Å². The molecule has 1 fully saturated rings. The summed E-state index contributed by atoms with van der Waals surface area (Å²) in [5.41, 5.74) is 3.54. The maximum atomic E-state index is 12.6. The Bertz CT molecular complexity index is 562. The summed E-state index contributed by atoms with van der Waals surface area (Å²) in [7, 11) is 0. The fourth-order valence-corrected chi connectivity index (χ4v) is 2.67. The van der Waals surface area contributed by atoms with E-state index in [1.165, 1.54) is 6.92 Å². The second-order valence-electron chi connectivity index (χ2n) is 3.94. The quantitative estimate of drug-likeness (QED) is 0.701. The van der Waals surface area contributed by atoms with E-state index >= 15 is 0 Å². The highest BCUT2D eigenvalue weighted by Crippen LogP contribution is 2.37. The van der Waals surface area contributed by atoms with Crippen molar-refractivity contribution in [1.82, 2.24) is 15.6 Å². The molecule has 1 aromatic rings. The average Bonchev–Trinajstić information content (AvgIpc) is 2.79. The molecule has 0 spiro atoms. The number of carbonyl (C=O) groups is 2. The summed E-state index contributed by atoms with van der Waals surface area (Å²) in [6, 6.07) is -0.809. The van der Waals surface area contributed by atoms with Crippen molar-refractivity contribution in [2.75, 3.05) is 6.54 Å². The lowest BCUT2D eigenvalue weighted by atomic mass is 9.95. The van der Waals surface area contributed by atoms with Crippen molar-refractivity contribution in [2.45, 2.75) is 18.6 Å².